The Morgan fingerprint density at radius 1 is 1.40 bits per heavy atom. The van der Waals surface area contributed by atoms with Crippen LogP contribution in [0.5, 0.6) is 0 Å². The Morgan fingerprint density at radius 2 is 2.12 bits per heavy atom. The van der Waals surface area contributed by atoms with Gasteiger partial charge < -0.3 is 15.4 Å². The Balaban J connectivity index is 1.72. The van der Waals surface area contributed by atoms with E-state index in [9.17, 15) is 9.18 Å². The minimum atomic E-state index is -0.685. The predicted molar refractivity (Wildman–Crippen MR) is 91.5 cm³/mol. The van der Waals surface area contributed by atoms with E-state index in [1.807, 2.05) is 12.3 Å². The highest BCUT2D eigenvalue weighted by Gasteiger charge is 2.42. The molecule has 3 rings (SSSR count). The van der Waals surface area contributed by atoms with E-state index in [0.29, 0.717) is 19.4 Å². The van der Waals surface area contributed by atoms with Gasteiger partial charge in [-0.25, -0.2) is 4.39 Å². The van der Waals surface area contributed by atoms with E-state index in [4.69, 9.17) is 4.74 Å². The second-order valence-corrected chi connectivity index (χ2v) is 6.22. The number of amides is 1. The fourth-order valence-electron chi connectivity index (χ4n) is 3.29. The third-order valence-electron chi connectivity index (χ3n) is 4.77. The molecule has 2 N–H and O–H groups in total. The highest BCUT2D eigenvalue weighted by Crippen LogP contribution is 2.27. The molecule has 1 saturated heterocycles. The second kappa shape index (κ2) is 7.76. The topological polar surface area (TPSA) is 68.2 Å². The first-order valence-corrected chi connectivity index (χ1v) is 8.43. The van der Waals surface area contributed by atoms with Crippen molar-refractivity contribution < 1.29 is 13.9 Å². The third-order valence-corrected chi connectivity index (χ3v) is 4.77. The van der Waals surface area contributed by atoms with Crippen molar-refractivity contribution in [1.82, 2.24) is 20.4 Å². The van der Waals surface area contributed by atoms with Crippen LogP contribution in [-0.4, -0.2) is 42.4 Å². The average molecular weight is 346 g/mol. The fraction of sp³-hybridized carbons (Fsp3) is 0.444. The molecule has 1 atom stereocenters. The van der Waals surface area contributed by atoms with Gasteiger partial charge in [-0.1, -0.05) is 12.1 Å². The van der Waals surface area contributed by atoms with Crippen molar-refractivity contribution in [3.05, 3.63) is 54.1 Å². The summed E-state index contributed by atoms with van der Waals surface area (Å²) in [6, 6.07) is 7.95. The molecule has 1 aromatic carbocycles. The molecule has 134 valence electrons. The number of piperidine rings is 1. The molecule has 2 aromatic rings. The standard InChI is InChI=1S/C18H23FN4O2/c1-25-16(14-3-5-15(19)6-4-14)13-21-17(24)18(7-10-20-11-8-18)23-12-2-9-22-23/h2-6,9,12,16,20H,7-8,10-11,13H2,1H3,(H,21,24). The summed E-state index contributed by atoms with van der Waals surface area (Å²) < 4.78 is 20.3. The molecule has 1 aliphatic rings. The highest BCUT2D eigenvalue weighted by molar-refractivity contribution is 5.84. The lowest BCUT2D eigenvalue weighted by Crippen LogP contribution is -2.55. The van der Waals surface area contributed by atoms with Crippen molar-refractivity contribution in [3.63, 3.8) is 0 Å². The second-order valence-electron chi connectivity index (χ2n) is 6.22. The van der Waals surface area contributed by atoms with Gasteiger partial charge in [0.25, 0.3) is 0 Å². The molecule has 2 heterocycles. The Hall–Kier alpha value is -2.25. The quantitative estimate of drug-likeness (QED) is 0.834. The molecular formula is C18H23FN4O2. The molecule has 1 amide bonds. The zero-order chi connectivity index (χ0) is 17.7. The molecule has 1 aromatic heterocycles. The molecule has 0 spiro atoms. The summed E-state index contributed by atoms with van der Waals surface area (Å²) in [6.45, 7) is 1.84. The van der Waals surface area contributed by atoms with Crippen molar-refractivity contribution in [1.29, 1.82) is 0 Å². The van der Waals surface area contributed by atoms with Crippen molar-refractivity contribution in [2.75, 3.05) is 26.7 Å². The van der Waals surface area contributed by atoms with Gasteiger partial charge in [-0.15, -0.1) is 0 Å². The molecule has 1 fully saturated rings. The van der Waals surface area contributed by atoms with E-state index in [1.54, 1.807) is 30.1 Å². The van der Waals surface area contributed by atoms with Gasteiger partial charge in [0, 0.05) is 26.0 Å². The van der Waals surface area contributed by atoms with Gasteiger partial charge in [0.15, 0.2) is 0 Å². The van der Waals surface area contributed by atoms with Gasteiger partial charge in [0.1, 0.15) is 11.4 Å². The van der Waals surface area contributed by atoms with Crippen LogP contribution >= 0.6 is 0 Å². The number of rotatable bonds is 6. The zero-order valence-electron chi connectivity index (χ0n) is 14.2. The average Bonchev–Trinajstić information content (AvgIpc) is 3.19. The molecule has 1 unspecified atom stereocenters. The Labute approximate surface area is 146 Å². The highest BCUT2D eigenvalue weighted by atomic mass is 19.1. The van der Waals surface area contributed by atoms with Crippen molar-refractivity contribution >= 4 is 5.91 Å². The lowest BCUT2D eigenvalue weighted by atomic mass is 9.87. The minimum absolute atomic E-state index is 0.0677. The first-order chi connectivity index (χ1) is 12.2. The predicted octanol–water partition coefficient (Wildman–Crippen LogP) is 1.60. The van der Waals surface area contributed by atoms with Crippen LogP contribution in [0.2, 0.25) is 0 Å². The number of carbonyl (C=O) groups excluding carboxylic acids is 1. The largest absolute Gasteiger partial charge is 0.375 e. The smallest absolute Gasteiger partial charge is 0.248 e. The van der Waals surface area contributed by atoms with E-state index in [2.05, 4.69) is 15.7 Å². The van der Waals surface area contributed by atoms with Gasteiger partial charge in [0.2, 0.25) is 5.91 Å². The molecule has 7 heteroatoms. The summed E-state index contributed by atoms with van der Waals surface area (Å²) in [6.07, 6.45) is 4.54. The summed E-state index contributed by atoms with van der Waals surface area (Å²) in [5.74, 6) is -0.364. The Bertz CT molecular complexity index is 682. The van der Waals surface area contributed by atoms with Gasteiger partial charge in [-0.05, 0) is 49.7 Å². The third kappa shape index (κ3) is 3.72. The fourth-order valence-corrected chi connectivity index (χ4v) is 3.29. The number of nitrogens with zero attached hydrogens (tertiary/aromatic N) is 2. The first kappa shape index (κ1) is 17.6. The van der Waals surface area contributed by atoms with Crippen molar-refractivity contribution in [3.8, 4) is 0 Å². The maximum atomic E-state index is 13.1. The number of nitrogens with one attached hydrogen (secondary N) is 2. The number of aromatic nitrogens is 2. The van der Waals surface area contributed by atoms with Crippen LogP contribution in [0.4, 0.5) is 4.39 Å². The number of halogens is 1. The summed E-state index contributed by atoms with van der Waals surface area (Å²) in [4.78, 5) is 13.0. The number of hydrogen-bond acceptors (Lipinski definition) is 4. The van der Waals surface area contributed by atoms with Gasteiger partial charge in [-0.3, -0.25) is 9.48 Å². The van der Waals surface area contributed by atoms with E-state index >= 15 is 0 Å². The molecule has 0 aliphatic carbocycles. The molecule has 25 heavy (non-hydrogen) atoms. The zero-order valence-corrected chi connectivity index (χ0v) is 14.2. The summed E-state index contributed by atoms with van der Waals surface area (Å²) in [5, 5.41) is 10.6. The van der Waals surface area contributed by atoms with Crippen molar-refractivity contribution in [2.24, 2.45) is 0 Å². The normalized spacial score (nSPS) is 17.8. The first-order valence-electron chi connectivity index (χ1n) is 8.43. The Kier molecular flexibility index (Phi) is 5.45. The number of carbonyl (C=O) groups is 1. The lowest BCUT2D eigenvalue weighted by molar-refractivity contribution is -0.132. The molecule has 1 aliphatic heterocycles. The number of methoxy groups -OCH3 is 1. The molecule has 0 saturated carbocycles. The molecular weight excluding hydrogens is 323 g/mol. The van der Waals surface area contributed by atoms with Crippen LogP contribution in [0.3, 0.4) is 0 Å². The molecule has 0 bridgehead atoms. The van der Waals surface area contributed by atoms with Gasteiger partial charge in [0.05, 0.1) is 6.10 Å². The van der Waals surface area contributed by atoms with Crippen LogP contribution < -0.4 is 10.6 Å². The van der Waals surface area contributed by atoms with Crippen molar-refractivity contribution in [2.45, 2.75) is 24.5 Å². The van der Waals surface area contributed by atoms with Crippen LogP contribution in [0.25, 0.3) is 0 Å². The van der Waals surface area contributed by atoms with E-state index in [1.165, 1.54) is 12.1 Å². The number of hydrogen-bond donors (Lipinski definition) is 2. The van der Waals surface area contributed by atoms with E-state index in [-0.39, 0.29) is 17.8 Å². The van der Waals surface area contributed by atoms with Gasteiger partial charge >= 0.3 is 0 Å². The van der Waals surface area contributed by atoms with Crippen LogP contribution in [0.15, 0.2) is 42.7 Å². The maximum absolute atomic E-state index is 13.1. The van der Waals surface area contributed by atoms with Crippen LogP contribution in [-0.2, 0) is 15.1 Å². The van der Waals surface area contributed by atoms with Crippen LogP contribution in [0.1, 0.15) is 24.5 Å². The summed E-state index contributed by atoms with van der Waals surface area (Å²) in [5.41, 5.74) is 0.137. The summed E-state index contributed by atoms with van der Waals surface area (Å²) >= 11 is 0. The Morgan fingerprint density at radius 3 is 2.72 bits per heavy atom. The number of ether oxygens (including phenoxy) is 1. The molecule has 6 nitrogen and oxygen atoms in total. The lowest BCUT2D eigenvalue weighted by Gasteiger charge is -2.36. The summed E-state index contributed by atoms with van der Waals surface area (Å²) in [7, 11) is 1.58. The number of benzene rings is 1. The van der Waals surface area contributed by atoms with E-state index < -0.39 is 5.54 Å². The monoisotopic (exact) mass is 346 g/mol. The maximum Gasteiger partial charge on any atom is 0.248 e. The van der Waals surface area contributed by atoms with E-state index in [0.717, 1.165) is 18.7 Å². The van der Waals surface area contributed by atoms with Crippen LogP contribution in [0, 0.1) is 5.82 Å². The SMILES string of the molecule is COC(CNC(=O)C1(n2cccn2)CCNCC1)c1ccc(F)cc1. The minimum Gasteiger partial charge on any atom is -0.375 e. The van der Waals surface area contributed by atoms with Gasteiger partial charge in [-0.2, -0.15) is 5.10 Å². The molecule has 0 radical (unpaired) electrons.